The molecular formula is C31H29ClFNO5S. The molecular weight excluding hydrogens is 553 g/mol. The third-order valence-electron chi connectivity index (χ3n) is 6.35. The molecule has 4 rings (SSSR count). The third kappa shape index (κ3) is 7.20. The van der Waals surface area contributed by atoms with Crippen molar-refractivity contribution in [1.29, 1.82) is 0 Å². The predicted molar refractivity (Wildman–Crippen MR) is 154 cm³/mol. The van der Waals surface area contributed by atoms with Crippen LogP contribution < -0.4 is 14.8 Å². The smallest absolute Gasteiger partial charge is 0.251 e. The zero-order valence-corrected chi connectivity index (χ0v) is 23.7. The van der Waals surface area contributed by atoms with E-state index in [1.54, 1.807) is 49.6 Å². The van der Waals surface area contributed by atoms with Crippen molar-refractivity contribution in [3.05, 3.63) is 112 Å². The molecule has 0 saturated heterocycles. The normalized spacial score (nSPS) is 11.2. The van der Waals surface area contributed by atoms with E-state index in [1.807, 2.05) is 18.2 Å². The number of ether oxygens (including phenoxy) is 2. The van der Waals surface area contributed by atoms with Crippen LogP contribution in [0.15, 0.2) is 89.8 Å². The van der Waals surface area contributed by atoms with Crippen molar-refractivity contribution in [2.45, 2.75) is 23.5 Å². The monoisotopic (exact) mass is 581 g/mol. The molecule has 1 N–H and O–H groups in total. The van der Waals surface area contributed by atoms with Gasteiger partial charge in [-0.3, -0.25) is 4.79 Å². The van der Waals surface area contributed by atoms with E-state index in [9.17, 15) is 17.6 Å². The minimum atomic E-state index is -3.83. The van der Waals surface area contributed by atoms with Gasteiger partial charge < -0.3 is 14.8 Å². The number of carbonyl (C=O) groups excluding carboxylic acids is 1. The molecule has 40 heavy (non-hydrogen) atoms. The second kappa shape index (κ2) is 13.0. The van der Waals surface area contributed by atoms with Crippen molar-refractivity contribution in [3.8, 4) is 22.6 Å². The maximum atomic E-state index is 13.9. The van der Waals surface area contributed by atoms with Gasteiger partial charge in [-0.2, -0.15) is 0 Å². The molecule has 0 aliphatic heterocycles. The summed E-state index contributed by atoms with van der Waals surface area (Å²) < 4.78 is 51.4. The van der Waals surface area contributed by atoms with Crippen LogP contribution in [0.5, 0.6) is 11.5 Å². The van der Waals surface area contributed by atoms with Crippen LogP contribution in [0.1, 0.15) is 27.9 Å². The van der Waals surface area contributed by atoms with E-state index in [0.717, 1.165) is 5.56 Å². The molecule has 0 aliphatic rings. The zero-order chi connectivity index (χ0) is 28.7. The predicted octanol–water partition coefficient (Wildman–Crippen LogP) is 6.50. The van der Waals surface area contributed by atoms with Gasteiger partial charge in [0.25, 0.3) is 5.91 Å². The minimum absolute atomic E-state index is 0.00140. The number of carbonyl (C=O) groups is 1. The molecule has 4 aromatic carbocycles. The lowest BCUT2D eigenvalue weighted by Crippen LogP contribution is -2.24. The van der Waals surface area contributed by atoms with Gasteiger partial charge in [0.1, 0.15) is 22.2 Å². The fourth-order valence-corrected chi connectivity index (χ4v) is 6.10. The average Bonchev–Trinajstić information content (AvgIpc) is 2.96. The lowest BCUT2D eigenvalue weighted by Gasteiger charge is -2.13. The molecule has 0 atom stereocenters. The van der Waals surface area contributed by atoms with Crippen molar-refractivity contribution in [1.82, 2.24) is 5.32 Å². The van der Waals surface area contributed by atoms with Gasteiger partial charge in [0.05, 0.1) is 20.0 Å². The molecule has 0 radical (unpaired) electrons. The first-order valence-corrected chi connectivity index (χ1v) is 14.6. The summed E-state index contributed by atoms with van der Waals surface area (Å²) in [4.78, 5) is 12.4. The van der Waals surface area contributed by atoms with Crippen LogP contribution in [0.25, 0.3) is 11.1 Å². The van der Waals surface area contributed by atoms with Crippen molar-refractivity contribution in [2.75, 3.05) is 20.8 Å². The number of halogens is 2. The maximum absolute atomic E-state index is 13.9. The highest BCUT2D eigenvalue weighted by atomic mass is 35.5. The fourth-order valence-electron chi connectivity index (χ4n) is 4.34. The van der Waals surface area contributed by atoms with Crippen LogP contribution in [-0.2, 0) is 22.0 Å². The van der Waals surface area contributed by atoms with E-state index < -0.39 is 15.7 Å². The summed E-state index contributed by atoms with van der Waals surface area (Å²) in [6.45, 7) is 0.463. The summed E-state index contributed by atoms with van der Waals surface area (Å²) in [5.74, 6) is -0.101. The molecule has 0 aromatic heterocycles. The Labute approximate surface area is 238 Å². The van der Waals surface area contributed by atoms with Crippen LogP contribution in [0.4, 0.5) is 4.39 Å². The molecule has 4 aromatic rings. The molecule has 0 aliphatic carbocycles. The molecule has 0 saturated carbocycles. The van der Waals surface area contributed by atoms with Crippen LogP contribution in [0.3, 0.4) is 0 Å². The number of aryl methyl sites for hydroxylation is 1. The number of sulfone groups is 1. The Morgan fingerprint density at radius 3 is 2.45 bits per heavy atom. The van der Waals surface area contributed by atoms with E-state index in [1.165, 1.54) is 31.4 Å². The second-order valence-electron chi connectivity index (χ2n) is 9.16. The first kappa shape index (κ1) is 29.1. The maximum Gasteiger partial charge on any atom is 0.251 e. The van der Waals surface area contributed by atoms with Crippen LogP contribution in [-0.4, -0.2) is 35.1 Å². The lowest BCUT2D eigenvalue weighted by molar-refractivity contribution is 0.0953. The first-order valence-electron chi connectivity index (χ1n) is 12.6. The Morgan fingerprint density at radius 1 is 0.900 bits per heavy atom. The standard InChI is InChI=1S/C31H29ClFNO5S/c1-38-26-10-4-9-24(17-26)31(35)34-15-5-8-21-6-3-7-22(16-21)20-40(36,37)30-18-23(11-14-29(30)39-2)27-19-25(33)12-13-28(27)32/h3-4,6-7,9-14,16-19H,5,8,15,20H2,1-2H3,(H,34,35). The van der Waals surface area contributed by atoms with Gasteiger partial charge in [-0.15, -0.1) is 0 Å². The largest absolute Gasteiger partial charge is 0.497 e. The number of hydrogen-bond donors (Lipinski definition) is 1. The van der Waals surface area contributed by atoms with E-state index in [2.05, 4.69) is 5.32 Å². The molecule has 0 unspecified atom stereocenters. The van der Waals surface area contributed by atoms with E-state index in [0.29, 0.717) is 52.4 Å². The highest BCUT2D eigenvalue weighted by molar-refractivity contribution is 7.90. The highest BCUT2D eigenvalue weighted by Gasteiger charge is 2.22. The summed E-state index contributed by atoms with van der Waals surface area (Å²) in [6.07, 6.45) is 1.33. The van der Waals surface area contributed by atoms with Crippen LogP contribution in [0.2, 0.25) is 5.02 Å². The number of rotatable bonds is 11. The van der Waals surface area contributed by atoms with Gasteiger partial charge >= 0.3 is 0 Å². The second-order valence-corrected chi connectivity index (χ2v) is 11.5. The van der Waals surface area contributed by atoms with Crippen molar-refractivity contribution in [2.24, 2.45) is 0 Å². The number of benzene rings is 4. The quantitative estimate of drug-likeness (QED) is 0.204. The summed E-state index contributed by atoms with van der Waals surface area (Å²) >= 11 is 6.26. The van der Waals surface area contributed by atoms with Crippen LogP contribution >= 0.6 is 11.6 Å². The number of hydrogen-bond acceptors (Lipinski definition) is 5. The lowest BCUT2D eigenvalue weighted by atomic mass is 10.1. The number of amides is 1. The topological polar surface area (TPSA) is 81.7 Å². The van der Waals surface area contributed by atoms with Crippen molar-refractivity contribution < 1.29 is 27.1 Å². The molecule has 0 fully saturated rings. The van der Waals surface area contributed by atoms with Crippen molar-refractivity contribution in [3.63, 3.8) is 0 Å². The molecule has 0 spiro atoms. The molecule has 0 bridgehead atoms. The highest BCUT2D eigenvalue weighted by Crippen LogP contribution is 2.35. The van der Waals surface area contributed by atoms with Crippen LogP contribution in [0, 0.1) is 5.82 Å². The molecule has 208 valence electrons. The number of nitrogens with one attached hydrogen (secondary N) is 1. The number of methoxy groups -OCH3 is 2. The average molecular weight is 582 g/mol. The molecule has 9 heteroatoms. The van der Waals surface area contributed by atoms with Gasteiger partial charge in [-0.05, 0) is 78.1 Å². The Bertz CT molecular complexity index is 1620. The summed E-state index contributed by atoms with van der Waals surface area (Å²) in [5.41, 5.74) is 2.95. The Hall–Kier alpha value is -3.88. The zero-order valence-electron chi connectivity index (χ0n) is 22.1. The fraction of sp³-hybridized carbons (Fsp3) is 0.194. The van der Waals surface area contributed by atoms with E-state index >= 15 is 0 Å². The van der Waals surface area contributed by atoms with E-state index in [4.69, 9.17) is 21.1 Å². The van der Waals surface area contributed by atoms with Gasteiger partial charge in [-0.25, -0.2) is 12.8 Å². The van der Waals surface area contributed by atoms with E-state index in [-0.39, 0.29) is 22.3 Å². The summed E-state index contributed by atoms with van der Waals surface area (Å²) in [7, 11) is -0.880. The molecule has 6 nitrogen and oxygen atoms in total. The van der Waals surface area contributed by atoms with Crippen molar-refractivity contribution >= 4 is 27.3 Å². The Morgan fingerprint density at radius 2 is 1.68 bits per heavy atom. The molecule has 1 amide bonds. The molecule has 0 heterocycles. The summed E-state index contributed by atoms with van der Waals surface area (Å²) in [5, 5.41) is 3.20. The van der Waals surface area contributed by atoms with Gasteiger partial charge in [0, 0.05) is 22.7 Å². The Kier molecular flexibility index (Phi) is 9.45. The SMILES string of the molecule is COc1cccc(C(=O)NCCCc2cccc(CS(=O)(=O)c3cc(-c4cc(F)ccc4Cl)ccc3OC)c2)c1. The third-order valence-corrected chi connectivity index (χ3v) is 8.38. The summed E-state index contributed by atoms with van der Waals surface area (Å²) in [6, 6.07) is 22.9. The Balaban J connectivity index is 1.44. The van der Waals surface area contributed by atoms with Gasteiger partial charge in [0.15, 0.2) is 9.84 Å². The minimum Gasteiger partial charge on any atom is -0.497 e. The first-order chi connectivity index (χ1) is 19.2. The van der Waals surface area contributed by atoms with Gasteiger partial charge in [0.2, 0.25) is 0 Å². The van der Waals surface area contributed by atoms with Gasteiger partial charge in [-0.1, -0.05) is 48.0 Å².